The number of fused-ring (bicyclic) bond motifs is 2. The smallest absolute Gasteiger partial charge is 0.315 e. The summed E-state index contributed by atoms with van der Waals surface area (Å²) in [6.07, 6.45) is 1.02. The van der Waals surface area contributed by atoms with Crippen LogP contribution in [0.5, 0.6) is 0 Å². The number of nitrogens with two attached hydrogens (primary N) is 1. The summed E-state index contributed by atoms with van der Waals surface area (Å²) in [4.78, 5) is 25.8. The summed E-state index contributed by atoms with van der Waals surface area (Å²) in [5.74, 6) is -4.42. The average molecular weight is 1070 g/mol. The van der Waals surface area contributed by atoms with E-state index in [0.29, 0.717) is 0 Å². The van der Waals surface area contributed by atoms with Crippen molar-refractivity contribution in [3.8, 4) is 0 Å². The number of amides is 2. The molecule has 0 radical (unpaired) electrons. The Morgan fingerprint density at radius 1 is 0.733 bits per heavy atom. The van der Waals surface area contributed by atoms with Gasteiger partial charge in [0.2, 0.25) is 5.96 Å². The fourth-order valence-electron chi connectivity index (χ4n) is 8.65. The van der Waals surface area contributed by atoms with Gasteiger partial charge in [-0.2, -0.15) is 0 Å². The van der Waals surface area contributed by atoms with Crippen molar-refractivity contribution in [1.29, 1.82) is 0 Å². The van der Waals surface area contributed by atoms with Crippen LogP contribution in [0.1, 0.15) is 79.1 Å². The van der Waals surface area contributed by atoms with Crippen LogP contribution in [-0.4, -0.2) is 207 Å². The molecule has 3 aliphatic heterocycles. The predicted molar refractivity (Wildman–Crippen MR) is 272 cm³/mol. The molecule has 2 amide bonds. The predicted octanol–water partition coefficient (Wildman–Crippen LogP) is -1.63. The number of cyclic esters (lactones) is 1. The number of nitrogens with zero attached hydrogens (tertiary/aromatic N) is 1. The summed E-state index contributed by atoms with van der Waals surface area (Å²) in [6.45, 7) is 5.61. The van der Waals surface area contributed by atoms with Gasteiger partial charge < -0.3 is 107 Å². The molecule has 0 spiro atoms. The highest BCUT2D eigenvalue weighted by Gasteiger charge is 2.49. The Labute approximate surface area is 437 Å². The SMILES string of the molecule is C[C@@H]1[C@H](O)[C@@H](C)/C=C/C=C/C=C/C=C/C=C/C=C/C=C/[C@H](O[C@@H]2O[C@H](C)[C@@H](O)[C@H](N/C(N)=N\O)[C@@H]2O)C[C@@H]2O[C@](O)(C[C@@H](O)C[C@@H](O)[C@H](O)CC[C@@H](O)C[C@@H](O)CC(=O)O[C@H]1C)C[C@H](O)[C@H]2NC(=O)NC[C@H](O)CO. The maximum absolute atomic E-state index is 13.1. The van der Waals surface area contributed by atoms with Crippen molar-refractivity contribution < 1.29 is 95.0 Å². The number of carbonyl (C=O) groups is 2. The number of carbonyl (C=O) groups excluding carboxylic acids is 2. The van der Waals surface area contributed by atoms with Gasteiger partial charge in [-0.3, -0.25) is 4.79 Å². The van der Waals surface area contributed by atoms with Gasteiger partial charge in [-0.1, -0.05) is 104 Å². The van der Waals surface area contributed by atoms with E-state index in [1.165, 1.54) is 13.0 Å². The van der Waals surface area contributed by atoms with E-state index < -0.39 is 166 Å². The Morgan fingerprint density at radius 2 is 1.33 bits per heavy atom. The number of guanidine groups is 1. The standard InChI is InChI=1S/C51H83N5O19/c1-29-17-15-13-11-9-7-5-6-8-10-12-14-16-18-37(74-48-47(68)44(54-49(52)56-71)46(67)32(4)73-48)24-41-43(55-50(69)53-27-36(61)28-57)40(64)26-51(70,75-41)25-35(60)22-39(63)38(62)20-19-33(58)21-34(59)23-42(65)72-31(3)30(2)45(29)66/h5-18,29-41,43-48,57-64,66-68,70-71H,19-28H2,1-4H3,(H3,52,54,56)(H2,53,55,69)/b6-5+,9-7+,10-8+,13-11+,14-12+,17-15+,18-16+/t29-,30-,31-,32+,33+,34+,35-,36-,37-,38+,39+,40-,41-,43+,44-,45+,46+,47-,48-,51+/m0/s1. The largest absolute Gasteiger partial charge is 0.462 e. The van der Waals surface area contributed by atoms with Gasteiger partial charge in [0.1, 0.15) is 18.3 Å². The molecule has 20 atom stereocenters. The molecule has 2 saturated heterocycles. The molecule has 2 bridgehead atoms. The van der Waals surface area contributed by atoms with E-state index in [1.807, 2.05) is 13.0 Å². The fourth-order valence-corrected chi connectivity index (χ4v) is 8.65. The number of nitrogens with one attached hydrogen (secondary N) is 3. The van der Waals surface area contributed by atoms with Crippen LogP contribution in [0, 0.1) is 11.8 Å². The number of oxime groups is 1. The monoisotopic (exact) mass is 1070 g/mol. The Bertz CT molecular complexity index is 1950. The highest BCUT2D eigenvalue weighted by molar-refractivity contribution is 5.77. The van der Waals surface area contributed by atoms with Crippen molar-refractivity contribution in [2.24, 2.45) is 22.7 Å². The third kappa shape index (κ3) is 22.9. The summed E-state index contributed by atoms with van der Waals surface area (Å²) in [5.41, 5.74) is 5.64. The van der Waals surface area contributed by atoms with Crippen LogP contribution in [0.4, 0.5) is 4.79 Å². The summed E-state index contributed by atoms with van der Waals surface area (Å²) >= 11 is 0. The lowest BCUT2D eigenvalue weighted by Gasteiger charge is -2.46. The number of rotatable bonds is 7. The van der Waals surface area contributed by atoms with E-state index in [0.717, 1.165) is 0 Å². The molecule has 0 saturated carbocycles. The number of allylic oxidation sites excluding steroid dienone is 12. The minimum atomic E-state index is -2.36. The average Bonchev–Trinajstić information content (AvgIpc) is 3.34. The first kappa shape index (κ1) is 64.7. The van der Waals surface area contributed by atoms with Gasteiger partial charge in [0.15, 0.2) is 12.1 Å². The van der Waals surface area contributed by atoms with Crippen molar-refractivity contribution in [1.82, 2.24) is 16.0 Å². The summed E-state index contributed by atoms with van der Waals surface area (Å²) in [6, 6.07) is -3.54. The Balaban J connectivity index is 1.98. The molecule has 426 valence electrons. The molecule has 3 rings (SSSR count). The van der Waals surface area contributed by atoms with Crippen molar-refractivity contribution in [2.45, 2.75) is 189 Å². The van der Waals surface area contributed by atoms with E-state index >= 15 is 0 Å². The van der Waals surface area contributed by atoms with E-state index in [-0.39, 0.29) is 38.1 Å². The molecule has 0 aromatic heterocycles. The number of hydrogen-bond donors (Lipinski definition) is 17. The molecule has 3 aliphatic rings. The molecule has 0 aromatic carbocycles. The quantitative estimate of drug-likeness (QED) is 0.0447. The summed E-state index contributed by atoms with van der Waals surface area (Å²) < 4.78 is 23.8. The molecule has 2 fully saturated rings. The first-order valence-corrected chi connectivity index (χ1v) is 25.3. The van der Waals surface area contributed by atoms with Gasteiger partial charge in [0.05, 0.1) is 92.3 Å². The van der Waals surface area contributed by atoms with Gasteiger partial charge in [0.25, 0.3) is 0 Å². The fraction of sp³-hybridized carbons (Fsp3) is 0.667. The third-order valence-corrected chi connectivity index (χ3v) is 13.1. The zero-order valence-corrected chi connectivity index (χ0v) is 42.9. The first-order valence-electron chi connectivity index (χ1n) is 25.3. The van der Waals surface area contributed by atoms with Crippen molar-refractivity contribution >= 4 is 18.0 Å². The Hall–Kier alpha value is -4.61. The topological polar surface area (TPSA) is 409 Å². The van der Waals surface area contributed by atoms with E-state index in [2.05, 4.69) is 21.1 Å². The zero-order valence-electron chi connectivity index (χ0n) is 42.9. The van der Waals surface area contributed by atoms with Crippen LogP contribution >= 0.6 is 0 Å². The zero-order chi connectivity index (χ0) is 55.8. The van der Waals surface area contributed by atoms with E-state index in [1.54, 1.807) is 86.8 Å². The number of ether oxygens (including phenoxy) is 4. The summed E-state index contributed by atoms with van der Waals surface area (Å²) in [7, 11) is 0. The number of esters is 1. The molecule has 24 nitrogen and oxygen atoms in total. The van der Waals surface area contributed by atoms with Crippen LogP contribution < -0.4 is 21.7 Å². The van der Waals surface area contributed by atoms with Crippen LogP contribution in [0.15, 0.2) is 90.2 Å². The minimum absolute atomic E-state index is 0.134. The normalized spacial score (nSPS) is 41.5. The Morgan fingerprint density at radius 3 is 1.93 bits per heavy atom. The third-order valence-electron chi connectivity index (χ3n) is 13.1. The van der Waals surface area contributed by atoms with Crippen LogP contribution in [0.25, 0.3) is 0 Å². The molecule has 18 N–H and O–H groups in total. The lowest BCUT2D eigenvalue weighted by Crippen LogP contribution is -2.65. The highest BCUT2D eigenvalue weighted by Crippen LogP contribution is 2.35. The molecular formula is C51H83N5O19. The van der Waals surface area contributed by atoms with Gasteiger partial charge in [-0.25, -0.2) is 4.79 Å². The van der Waals surface area contributed by atoms with E-state index in [9.17, 15) is 76.1 Å². The molecule has 3 heterocycles. The Kier molecular flexibility index (Phi) is 28.3. The van der Waals surface area contributed by atoms with Gasteiger partial charge in [-0.15, -0.1) is 0 Å². The van der Waals surface area contributed by atoms with Crippen LogP contribution in [0.3, 0.4) is 0 Å². The summed E-state index contributed by atoms with van der Waals surface area (Å²) in [5, 5.41) is 149. The minimum Gasteiger partial charge on any atom is -0.462 e. The molecular weight excluding hydrogens is 987 g/mol. The number of urea groups is 1. The van der Waals surface area contributed by atoms with Crippen LogP contribution in [-0.2, 0) is 23.7 Å². The maximum Gasteiger partial charge on any atom is 0.315 e. The second kappa shape index (κ2) is 32.9. The molecule has 0 aromatic rings. The first-order chi connectivity index (χ1) is 35.5. The molecule has 0 aliphatic carbocycles. The molecule has 24 heteroatoms. The van der Waals surface area contributed by atoms with Gasteiger partial charge in [0, 0.05) is 44.1 Å². The van der Waals surface area contributed by atoms with Gasteiger partial charge >= 0.3 is 12.0 Å². The number of aliphatic hydroxyl groups is 12. The number of aliphatic hydroxyl groups excluding tert-OH is 11. The van der Waals surface area contributed by atoms with E-state index in [4.69, 9.17) is 24.7 Å². The lowest BCUT2D eigenvalue weighted by atomic mass is 9.87. The van der Waals surface area contributed by atoms with Crippen LogP contribution in [0.2, 0.25) is 0 Å². The van der Waals surface area contributed by atoms with Gasteiger partial charge in [-0.05, 0) is 33.1 Å². The second-order valence-corrected chi connectivity index (χ2v) is 19.5. The highest BCUT2D eigenvalue weighted by atomic mass is 16.7. The molecule has 0 unspecified atom stereocenters. The van der Waals surface area contributed by atoms with Crippen molar-refractivity contribution in [3.63, 3.8) is 0 Å². The molecule has 75 heavy (non-hydrogen) atoms. The van der Waals surface area contributed by atoms with Crippen molar-refractivity contribution in [2.75, 3.05) is 13.2 Å². The second-order valence-electron chi connectivity index (χ2n) is 19.5. The number of hydrogen-bond acceptors (Lipinski definition) is 20. The lowest BCUT2D eigenvalue weighted by molar-refractivity contribution is -0.303. The maximum atomic E-state index is 13.1. The van der Waals surface area contributed by atoms with Crippen molar-refractivity contribution in [3.05, 3.63) is 85.1 Å².